The van der Waals surface area contributed by atoms with Gasteiger partial charge in [-0.25, -0.2) is 4.99 Å². The summed E-state index contributed by atoms with van der Waals surface area (Å²) in [6.45, 7) is 0. The fourth-order valence-electron chi connectivity index (χ4n) is 2.50. The van der Waals surface area contributed by atoms with Crippen LogP contribution in [0, 0.1) is 0 Å². The van der Waals surface area contributed by atoms with Crippen molar-refractivity contribution < 1.29 is 9.59 Å². The average Bonchev–Trinajstić information content (AvgIpc) is 2.58. The molecule has 1 saturated carbocycles. The van der Waals surface area contributed by atoms with Gasteiger partial charge in [-0.2, -0.15) is 0 Å². The van der Waals surface area contributed by atoms with E-state index in [0.717, 1.165) is 17.7 Å². The van der Waals surface area contributed by atoms with Crippen LogP contribution < -0.4 is 11.1 Å². The molecule has 2 fully saturated rings. The molecule has 2 aliphatic rings. The molecule has 1 unspecified atom stereocenters. The van der Waals surface area contributed by atoms with E-state index in [9.17, 15) is 9.59 Å². The lowest BCUT2D eigenvalue weighted by Crippen LogP contribution is -2.42. The summed E-state index contributed by atoms with van der Waals surface area (Å²) < 4.78 is 0. The molecule has 1 aliphatic heterocycles. The van der Waals surface area contributed by atoms with E-state index in [1.165, 1.54) is 26.3 Å². The quantitative estimate of drug-likeness (QED) is 0.411. The highest BCUT2D eigenvalue weighted by atomic mass is 16.2. The van der Waals surface area contributed by atoms with Gasteiger partial charge in [0.15, 0.2) is 5.96 Å². The number of nitrogens with zero attached hydrogens (tertiary/aromatic N) is 2. The largest absolute Gasteiger partial charge is 0.370 e. The van der Waals surface area contributed by atoms with E-state index in [2.05, 4.69) is 10.3 Å². The molecule has 0 aromatic rings. The molecule has 0 aromatic carbocycles. The van der Waals surface area contributed by atoms with Gasteiger partial charge >= 0.3 is 0 Å². The van der Waals surface area contributed by atoms with E-state index in [1.807, 2.05) is 0 Å². The summed E-state index contributed by atoms with van der Waals surface area (Å²) in [5.41, 5.74) is 5.79. The Morgan fingerprint density at radius 3 is 2.56 bits per heavy atom. The second-order valence-electron chi connectivity index (χ2n) is 5.00. The zero-order chi connectivity index (χ0) is 13.1. The summed E-state index contributed by atoms with van der Waals surface area (Å²) in [5.74, 6) is -0.184. The first kappa shape index (κ1) is 12.9. The van der Waals surface area contributed by atoms with Crippen LogP contribution in [0.2, 0.25) is 0 Å². The number of likely N-dealkylation sites (N-methyl/N-ethyl adjacent to an activating group) is 1. The van der Waals surface area contributed by atoms with Crippen molar-refractivity contribution in [1.29, 1.82) is 0 Å². The second-order valence-corrected chi connectivity index (χ2v) is 5.00. The Morgan fingerprint density at radius 2 is 2.00 bits per heavy atom. The summed E-state index contributed by atoms with van der Waals surface area (Å²) >= 11 is 0. The first-order valence-electron chi connectivity index (χ1n) is 6.48. The number of nitrogens with two attached hydrogens (primary N) is 1. The van der Waals surface area contributed by atoms with Crippen molar-refractivity contribution in [2.75, 3.05) is 7.05 Å². The zero-order valence-corrected chi connectivity index (χ0v) is 10.7. The lowest BCUT2D eigenvalue weighted by atomic mass is 9.96. The van der Waals surface area contributed by atoms with Gasteiger partial charge < -0.3 is 11.1 Å². The van der Waals surface area contributed by atoms with Gasteiger partial charge in [0.05, 0.1) is 6.42 Å². The Morgan fingerprint density at radius 1 is 1.33 bits per heavy atom. The SMILES string of the molecule is CN1C(=O)CC(N=C(N)NC2CCCCC2)C1=O. The number of hydrogen-bond donors (Lipinski definition) is 2. The van der Waals surface area contributed by atoms with Crippen molar-refractivity contribution in [2.24, 2.45) is 10.7 Å². The summed E-state index contributed by atoms with van der Waals surface area (Å²) in [4.78, 5) is 28.2. The zero-order valence-electron chi connectivity index (χ0n) is 10.7. The maximum absolute atomic E-state index is 11.7. The number of nitrogens with one attached hydrogen (secondary N) is 1. The molecular weight excluding hydrogens is 232 g/mol. The monoisotopic (exact) mass is 252 g/mol. The van der Waals surface area contributed by atoms with Gasteiger partial charge in [0.25, 0.3) is 5.91 Å². The van der Waals surface area contributed by atoms with E-state index < -0.39 is 6.04 Å². The molecular formula is C12H20N4O2. The van der Waals surface area contributed by atoms with E-state index in [0.29, 0.717) is 6.04 Å². The molecule has 0 aromatic heterocycles. The Hall–Kier alpha value is -1.59. The molecule has 1 saturated heterocycles. The standard InChI is InChI=1S/C12H20N4O2/c1-16-10(17)7-9(11(16)18)15-12(13)14-8-5-3-2-4-6-8/h8-9H,2-7H2,1H3,(H3,13,14,15). The summed E-state index contributed by atoms with van der Waals surface area (Å²) in [6.07, 6.45) is 5.99. The highest BCUT2D eigenvalue weighted by Gasteiger charge is 2.36. The van der Waals surface area contributed by atoms with Crippen LogP contribution in [0.3, 0.4) is 0 Å². The summed E-state index contributed by atoms with van der Waals surface area (Å²) in [5, 5.41) is 3.14. The van der Waals surface area contributed by atoms with Gasteiger partial charge in [-0.15, -0.1) is 0 Å². The fourth-order valence-corrected chi connectivity index (χ4v) is 2.50. The molecule has 1 aliphatic carbocycles. The number of carbonyl (C=O) groups excluding carboxylic acids is 2. The number of aliphatic imine (C=N–C) groups is 1. The molecule has 2 amide bonds. The van der Waals surface area contributed by atoms with E-state index in [4.69, 9.17) is 5.73 Å². The number of hydrogen-bond acceptors (Lipinski definition) is 3. The third-order valence-electron chi connectivity index (χ3n) is 3.61. The third kappa shape index (κ3) is 2.80. The number of rotatable bonds is 2. The number of likely N-dealkylation sites (tertiary alicyclic amines) is 1. The van der Waals surface area contributed by atoms with Crippen LogP contribution in [0.1, 0.15) is 38.5 Å². The van der Waals surface area contributed by atoms with Crippen LogP contribution in [0.25, 0.3) is 0 Å². The molecule has 100 valence electrons. The van der Waals surface area contributed by atoms with Gasteiger partial charge in [0.2, 0.25) is 5.91 Å². The highest BCUT2D eigenvalue weighted by molar-refractivity contribution is 6.06. The van der Waals surface area contributed by atoms with Gasteiger partial charge in [-0.3, -0.25) is 14.5 Å². The fraction of sp³-hybridized carbons (Fsp3) is 0.750. The van der Waals surface area contributed by atoms with Crippen LogP contribution in [-0.2, 0) is 9.59 Å². The molecule has 2 rings (SSSR count). The van der Waals surface area contributed by atoms with Crippen LogP contribution in [0.5, 0.6) is 0 Å². The molecule has 1 atom stereocenters. The van der Waals surface area contributed by atoms with Crippen molar-refractivity contribution in [3.8, 4) is 0 Å². The van der Waals surface area contributed by atoms with E-state index >= 15 is 0 Å². The second kappa shape index (κ2) is 5.37. The minimum Gasteiger partial charge on any atom is -0.370 e. The summed E-state index contributed by atoms with van der Waals surface area (Å²) in [6, 6.07) is -0.286. The molecule has 6 nitrogen and oxygen atoms in total. The Labute approximate surface area is 107 Å². The molecule has 6 heteroatoms. The van der Waals surface area contributed by atoms with Crippen LogP contribution in [0.4, 0.5) is 0 Å². The summed E-state index contributed by atoms with van der Waals surface area (Å²) in [7, 11) is 1.48. The first-order chi connectivity index (χ1) is 8.58. The Bertz CT molecular complexity index is 374. The first-order valence-corrected chi connectivity index (χ1v) is 6.48. The van der Waals surface area contributed by atoms with E-state index in [1.54, 1.807) is 0 Å². The normalized spacial score (nSPS) is 26.8. The molecule has 0 bridgehead atoms. The predicted octanol–water partition coefficient (Wildman–Crippen LogP) is -0.0193. The van der Waals surface area contributed by atoms with Crippen molar-refractivity contribution in [3.63, 3.8) is 0 Å². The van der Waals surface area contributed by atoms with Crippen molar-refractivity contribution in [1.82, 2.24) is 10.2 Å². The molecule has 0 spiro atoms. The number of carbonyl (C=O) groups is 2. The van der Waals surface area contributed by atoms with E-state index in [-0.39, 0.29) is 24.2 Å². The van der Waals surface area contributed by atoms with Gasteiger partial charge in [0, 0.05) is 13.1 Å². The minimum atomic E-state index is -0.640. The van der Waals surface area contributed by atoms with Crippen molar-refractivity contribution in [2.45, 2.75) is 50.6 Å². The van der Waals surface area contributed by atoms with Crippen LogP contribution >= 0.6 is 0 Å². The topological polar surface area (TPSA) is 87.8 Å². The minimum absolute atomic E-state index is 0.127. The van der Waals surface area contributed by atoms with Gasteiger partial charge in [0.1, 0.15) is 6.04 Å². The van der Waals surface area contributed by atoms with Crippen molar-refractivity contribution >= 4 is 17.8 Å². The highest BCUT2D eigenvalue weighted by Crippen LogP contribution is 2.17. The smallest absolute Gasteiger partial charge is 0.254 e. The van der Waals surface area contributed by atoms with Crippen LogP contribution in [0.15, 0.2) is 4.99 Å². The number of imide groups is 1. The molecule has 3 N–H and O–H groups in total. The Kier molecular flexibility index (Phi) is 3.84. The Balaban J connectivity index is 1.92. The van der Waals surface area contributed by atoms with Gasteiger partial charge in [-0.05, 0) is 12.8 Å². The predicted molar refractivity (Wildman–Crippen MR) is 67.8 cm³/mol. The lowest BCUT2D eigenvalue weighted by molar-refractivity contribution is -0.136. The molecule has 0 radical (unpaired) electrons. The average molecular weight is 252 g/mol. The number of guanidine groups is 1. The van der Waals surface area contributed by atoms with Crippen molar-refractivity contribution in [3.05, 3.63) is 0 Å². The maximum Gasteiger partial charge on any atom is 0.254 e. The van der Waals surface area contributed by atoms with Crippen LogP contribution in [-0.4, -0.2) is 41.8 Å². The molecule has 1 heterocycles. The third-order valence-corrected chi connectivity index (χ3v) is 3.61. The number of amides is 2. The lowest BCUT2D eigenvalue weighted by Gasteiger charge is -2.23. The maximum atomic E-state index is 11.7. The molecule has 18 heavy (non-hydrogen) atoms. The van der Waals surface area contributed by atoms with Gasteiger partial charge in [-0.1, -0.05) is 19.3 Å².